The van der Waals surface area contributed by atoms with Gasteiger partial charge in [-0.1, -0.05) is 11.6 Å². The van der Waals surface area contributed by atoms with E-state index in [1.165, 1.54) is 0 Å². The van der Waals surface area contributed by atoms with Crippen LogP contribution in [0.25, 0.3) is 10.9 Å². The highest BCUT2D eigenvalue weighted by Crippen LogP contribution is 2.21. The van der Waals surface area contributed by atoms with Gasteiger partial charge in [0, 0.05) is 23.1 Å². The summed E-state index contributed by atoms with van der Waals surface area (Å²) in [6, 6.07) is 7.06. The minimum atomic E-state index is -0.283. The number of anilines is 1. The molecular weight excluding hydrogens is 276 g/mol. The number of H-pyrrole nitrogens is 1. The van der Waals surface area contributed by atoms with Gasteiger partial charge in [0.25, 0.3) is 5.91 Å². The van der Waals surface area contributed by atoms with E-state index < -0.39 is 0 Å². The quantitative estimate of drug-likeness (QED) is 0.760. The molecule has 2 heterocycles. The lowest BCUT2D eigenvalue weighted by Gasteiger charge is -2.07. The van der Waals surface area contributed by atoms with Crippen LogP contribution in [0, 0.1) is 6.92 Å². The molecule has 5 nitrogen and oxygen atoms in total. The molecule has 0 saturated heterocycles. The summed E-state index contributed by atoms with van der Waals surface area (Å²) in [5, 5.41) is 11.0. The molecule has 3 aromatic rings. The minimum Gasteiger partial charge on any atom is -0.320 e. The van der Waals surface area contributed by atoms with Crippen LogP contribution in [0.15, 0.2) is 36.7 Å². The Balaban J connectivity index is 1.93. The molecule has 0 saturated carbocycles. The fourth-order valence-electron chi connectivity index (χ4n) is 1.98. The maximum atomic E-state index is 12.3. The van der Waals surface area contributed by atoms with Crippen molar-refractivity contribution in [2.24, 2.45) is 0 Å². The molecule has 0 atom stereocenters. The molecule has 2 aromatic heterocycles. The van der Waals surface area contributed by atoms with Gasteiger partial charge in [0.2, 0.25) is 0 Å². The smallest absolute Gasteiger partial charge is 0.276 e. The molecule has 1 aromatic carbocycles. The van der Waals surface area contributed by atoms with Crippen LogP contribution in [-0.4, -0.2) is 21.1 Å². The minimum absolute atomic E-state index is 0.283. The Morgan fingerprint density at radius 1 is 1.35 bits per heavy atom. The van der Waals surface area contributed by atoms with E-state index in [9.17, 15) is 4.79 Å². The number of carbonyl (C=O) groups is 1. The van der Waals surface area contributed by atoms with Crippen LogP contribution in [-0.2, 0) is 0 Å². The summed E-state index contributed by atoms with van der Waals surface area (Å²) in [4.78, 5) is 16.3. The van der Waals surface area contributed by atoms with E-state index in [1.54, 1.807) is 36.7 Å². The second-order valence-corrected chi connectivity index (χ2v) is 4.84. The highest BCUT2D eigenvalue weighted by atomic mass is 35.5. The van der Waals surface area contributed by atoms with Crippen molar-refractivity contribution in [2.45, 2.75) is 6.92 Å². The molecule has 0 aliphatic carbocycles. The average molecular weight is 287 g/mol. The highest BCUT2D eigenvalue weighted by molar-refractivity contribution is 6.30. The number of carbonyl (C=O) groups excluding carboxylic acids is 1. The number of amides is 1. The molecule has 0 bridgehead atoms. The Labute approximate surface area is 120 Å². The summed E-state index contributed by atoms with van der Waals surface area (Å²) in [5.74, 6) is -0.283. The molecule has 0 spiro atoms. The summed E-state index contributed by atoms with van der Waals surface area (Å²) in [7, 11) is 0. The first kappa shape index (κ1) is 12.6. The van der Waals surface area contributed by atoms with Gasteiger partial charge < -0.3 is 5.32 Å². The van der Waals surface area contributed by atoms with Crippen molar-refractivity contribution >= 4 is 34.1 Å². The van der Waals surface area contributed by atoms with Crippen LogP contribution in [0.3, 0.4) is 0 Å². The summed E-state index contributed by atoms with van der Waals surface area (Å²) in [6.07, 6.45) is 3.26. The number of fused-ring (bicyclic) bond motifs is 1. The van der Waals surface area contributed by atoms with E-state index in [0.717, 1.165) is 11.1 Å². The van der Waals surface area contributed by atoms with E-state index in [-0.39, 0.29) is 5.91 Å². The van der Waals surface area contributed by atoms with E-state index >= 15 is 0 Å². The maximum absolute atomic E-state index is 12.3. The zero-order valence-corrected chi connectivity index (χ0v) is 11.4. The van der Waals surface area contributed by atoms with E-state index in [1.807, 2.05) is 6.92 Å². The van der Waals surface area contributed by atoms with Crippen LogP contribution in [0.2, 0.25) is 5.02 Å². The molecule has 0 aliphatic heterocycles. The maximum Gasteiger partial charge on any atom is 0.276 e. The number of halogens is 1. The number of pyridine rings is 1. The molecule has 20 heavy (non-hydrogen) atoms. The molecule has 100 valence electrons. The largest absolute Gasteiger partial charge is 0.320 e. The lowest BCUT2D eigenvalue weighted by Crippen LogP contribution is -2.13. The lowest BCUT2D eigenvalue weighted by molar-refractivity contribution is 0.102. The fraction of sp³-hybridized carbons (Fsp3) is 0.0714. The first-order chi connectivity index (χ1) is 9.65. The molecule has 1 amide bonds. The number of rotatable bonds is 2. The summed E-state index contributed by atoms with van der Waals surface area (Å²) < 4.78 is 0. The number of nitrogens with zero attached hydrogens (tertiary/aromatic N) is 2. The first-order valence-corrected chi connectivity index (χ1v) is 6.38. The Kier molecular flexibility index (Phi) is 3.12. The molecule has 0 aliphatic rings. The van der Waals surface area contributed by atoms with E-state index in [4.69, 9.17) is 11.6 Å². The second-order valence-electron chi connectivity index (χ2n) is 4.41. The van der Waals surface area contributed by atoms with Crippen LogP contribution in [0.1, 0.15) is 16.1 Å². The standard InChI is InChI=1S/C14H11ClN4O/c1-8-6-9(15)2-3-11(8)17-14(20)13-10-7-16-5-4-12(10)18-19-13/h2-7H,1H3,(H,17,20)(H,18,19). The Hall–Kier alpha value is -2.40. The van der Waals surface area contributed by atoms with Crippen molar-refractivity contribution in [1.82, 2.24) is 15.2 Å². The summed E-state index contributed by atoms with van der Waals surface area (Å²) in [5.41, 5.74) is 2.70. The molecular formula is C14H11ClN4O. The van der Waals surface area contributed by atoms with Gasteiger partial charge in [-0.15, -0.1) is 0 Å². The van der Waals surface area contributed by atoms with Crippen molar-refractivity contribution in [1.29, 1.82) is 0 Å². The van der Waals surface area contributed by atoms with Gasteiger partial charge in [0.15, 0.2) is 5.69 Å². The normalized spacial score (nSPS) is 10.7. The number of aromatic nitrogens is 3. The molecule has 0 radical (unpaired) electrons. The number of aryl methyl sites for hydroxylation is 1. The van der Waals surface area contributed by atoms with Crippen LogP contribution in [0.4, 0.5) is 5.69 Å². The monoisotopic (exact) mass is 286 g/mol. The summed E-state index contributed by atoms with van der Waals surface area (Å²) >= 11 is 5.89. The van der Waals surface area contributed by atoms with Gasteiger partial charge in [-0.3, -0.25) is 14.9 Å². The fourth-order valence-corrected chi connectivity index (χ4v) is 2.21. The lowest BCUT2D eigenvalue weighted by atomic mass is 10.2. The second kappa shape index (κ2) is 4.94. The first-order valence-electron chi connectivity index (χ1n) is 6.01. The average Bonchev–Trinajstić information content (AvgIpc) is 2.86. The highest BCUT2D eigenvalue weighted by Gasteiger charge is 2.15. The zero-order valence-electron chi connectivity index (χ0n) is 10.6. The molecule has 6 heteroatoms. The van der Waals surface area contributed by atoms with Crippen molar-refractivity contribution in [2.75, 3.05) is 5.32 Å². The zero-order chi connectivity index (χ0) is 14.1. The number of aromatic amines is 1. The SMILES string of the molecule is Cc1cc(Cl)ccc1NC(=O)c1n[nH]c2ccncc12. The Morgan fingerprint density at radius 3 is 3.00 bits per heavy atom. The Morgan fingerprint density at radius 2 is 2.20 bits per heavy atom. The number of benzene rings is 1. The number of hydrogen-bond acceptors (Lipinski definition) is 3. The third-order valence-corrected chi connectivity index (χ3v) is 3.25. The van der Waals surface area contributed by atoms with Gasteiger partial charge in [-0.2, -0.15) is 5.10 Å². The van der Waals surface area contributed by atoms with Crippen molar-refractivity contribution in [3.63, 3.8) is 0 Å². The topological polar surface area (TPSA) is 70.7 Å². The van der Waals surface area contributed by atoms with Gasteiger partial charge in [0.1, 0.15) is 0 Å². The predicted molar refractivity (Wildman–Crippen MR) is 78.0 cm³/mol. The molecule has 3 rings (SSSR count). The predicted octanol–water partition coefficient (Wildman–Crippen LogP) is 3.17. The molecule has 2 N–H and O–H groups in total. The van der Waals surface area contributed by atoms with Gasteiger partial charge >= 0.3 is 0 Å². The van der Waals surface area contributed by atoms with Gasteiger partial charge in [-0.05, 0) is 36.8 Å². The van der Waals surface area contributed by atoms with Crippen molar-refractivity contribution < 1.29 is 4.79 Å². The number of nitrogens with one attached hydrogen (secondary N) is 2. The van der Waals surface area contributed by atoms with Crippen LogP contribution >= 0.6 is 11.6 Å². The third-order valence-electron chi connectivity index (χ3n) is 3.02. The van der Waals surface area contributed by atoms with Crippen LogP contribution < -0.4 is 5.32 Å². The van der Waals surface area contributed by atoms with Gasteiger partial charge in [0.05, 0.1) is 10.9 Å². The Bertz CT molecular complexity index is 797. The van der Waals surface area contributed by atoms with Crippen molar-refractivity contribution in [3.05, 3.63) is 52.9 Å². The summed E-state index contributed by atoms with van der Waals surface area (Å²) in [6.45, 7) is 1.88. The van der Waals surface area contributed by atoms with Crippen LogP contribution in [0.5, 0.6) is 0 Å². The van der Waals surface area contributed by atoms with E-state index in [0.29, 0.717) is 21.8 Å². The third kappa shape index (κ3) is 2.23. The van der Waals surface area contributed by atoms with Gasteiger partial charge in [-0.25, -0.2) is 0 Å². The van der Waals surface area contributed by atoms with Crippen molar-refractivity contribution in [3.8, 4) is 0 Å². The molecule has 0 fully saturated rings. The molecule has 0 unspecified atom stereocenters. The van der Waals surface area contributed by atoms with E-state index in [2.05, 4.69) is 20.5 Å². The number of hydrogen-bond donors (Lipinski definition) is 2.